The summed E-state index contributed by atoms with van der Waals surface area (Å²) in [5, 5.41) is 5.03. The Balaban J connectivity index is 1.79. The van der Waals surface area contributed by atoms with Gasteiger partial charge in [0.25, 0.3) is 0 Å². The maximum Gasteiger partial charge on any atom is 0.337 e. The molecule has 1 saturated carbocycles. The van der Waals surface area contributed by atoms with Gasteiger partial charge in [-0.15, -0.1) is 0 Å². The van der Waals surface area contributed by atoms with Crippen molar-refractivity contribution in [2.24, 2.45) is 0 Å². The Labute approximate surface area is 157 Å². The van der Waals surface area contributed by atoms with E-state index in [4.69, 9.17) is 9.47 Å². The van der Waals surface area contributed by atoms with Gasteiger partial charge in [0.1, 0.15) is 5.75 Å². The zero-order valence-corrected chi connectivity index (χ0v) is 15.6. The molecule has 0 unspecified atom stereocenters. The third kappa shape index (κ3) is 3.01. The van der Waals surface area contributed by atoms with Crippen LogP contribution in [0.2, 0.25) is 0 Å². The van der Waals surface area contributed by atoms with E-state index in [1.165, 1.54) is 7.11 Å². The summed E-state index contributed by atoms with van der Waals surface area (Å²) in [6.45, 7) is 1.82. The van der Waals surface area contributed by atoms with Gasteiger partial charge in [0.05, 0.1) is 25.8 Å². The molecule has 0 spiro atoms. The maximum atomic E-state index is 12.7. The van der Waals surface area contributed by atoms with Crippen molar-refractivity contribution in [3.63, 3.8) is 0 Å². The fourth-order valence-electron chi connectivity index (χ4n) is 3.70. The van der Waals surface area contributed by atoms with E-state index in [9.17, 15) is 9.59 Å². The lowest BCUT2D eigenvalue weighted by Crippen LogP contribution is -2.48. The van der Waals surface area contributed by atoms with Gasteiger partial charge in [0, 0.05) is 11.7 Å². The second-order valence-corrected chi connectivity index (χ2v) is 6.95. The van der Waals surface area contributed by atoms with Crippen LogP contribution in [0.15, 0.2) is 47.7 Å². The number of nitrogens with zero attached hydrogens (tertiary/aromatic N) is 1. The normalized spacial score (nSPS) is 19.9. The first-order valence-corrected chi connectivity index (χ1v) is 9.00. The molecule has 0 radical (unpaired) electrons. The predicted octanol–water partition coefficient (Wildman–Crippen LogP) is 3.52. The van der Waals surface area contributed by atoms with Crippen LogP contribution in [0.1, 0.15) is 31.4 Å². The number of amides is 2. The van der Waals surface area contributed by atoms with E-state index >= 15 is 0 Å². The summed E-state index contributed by atoms with van der Waals surface area (Å²) < 4.78 is 10.3. The van der Waals surface area contributed by atoms with E-state index in [1.807, 2.05) is 43.3 Å². The molecule has 1 heterocycles. The molecule has 1 aliphatic carbocycles. The van der Waals surface area contributed by atoms with Crippen LogP contribution in [0.25, 0.3) is 10.8 Å². The average Bonchev–Trinajstić information content (AvgIpc) is 3.51. The third-order valence-electron chi connectivity index (χ3n) is 5.25. The molecule has 2 aliphatic rings. The first-order chi connectivity index (χ1) is 13.0. The molecule has 2 aromatic carbocycles. The molecule has 2 amide bonds. The average molecular weight is 366 g/mol. The van der Waals surface area contributed by atoms with Crippen LogP contribution in [0.5, 0.6) is 5.75 Å². The van der Waals surface area contributed by atoms with Gasteiger partial charge in [-0.1, -0.05) is 18.2 Å². The number of carbonyl (C=O) groups excluding carboxylic acids is 2. The zero-order chi connectivity index (χ0) is 19.1. The molecule has 27 heavy (non-hydrogen) atoms. The topological polar surface area (TPSA) is 67.9 Å². The molecular formula is C21H22N2O4. The number of carbonyl (C=O) groups is 2. The number of urea groups is 1. The molecule has 2 aromatic rings. The smallest absolute Gasteiger partial charge is 0.337 e. The second kappa shape index (κ2) is 6.61. The largest absolute Gasteiger partial charge is 0.497 e. The quantitative estimate of drug-likeness (QED) is 0.841. The minimum Gasteiger partial charge on any atom is -0.497 e. The van der Waals surface area contributed by atoms with E-state index in [1.54, 1.807) is 12.0 Å². The van der Waals surface area contributed by atoms with Crippen LogP contribution in [0.4, 0.5) is 4.79 Å². The number of nitrogens with one attached hydrogen (secondary N) is 1. The lowest BCUT2D eigenvalue weighted by atomic mass is 9.93. The van der Waals surface area contributed by atoms with Gasteiger partial charge < -0.3 is 14.8 Å². The number of rotatable bonds is 4. The monoisotopic (exact) mass is 366 g/mol. The number of hydrogen-bond acceptors (Lipinski definition) is 4. The van der Waals surface area contributed by atoms with Crippen molar-refractivity contribution in [2.45, 2.75) is 31.8 Å². The van der Waals surface area contributed by atoms with Crippen LogP contribution in [0, 0.1) is 0 Å². The van der Waals surface area contributed by atoms with Gasteiger partial charge in [0.15, 0.2) is 0 Å². The Bertz CT molecular complexity index is 962. The van der Waals surface area contributed by atoms with Crippen molar-refractivity contribution in [3.8, 4) is 5.75 Å². The first-order valence-electron chi connectivity index (χ1n) is 9.00. The van der Waals surface area contributed by atoms with Crippen molar-refractivity contribution >= 4 is 22.8 Å². The molecule has 1 N–H and O–H groups in total. The molecule has 0 bridgehead atoms. The SMILES string of the molecule is COC(=O)C1=C(C)N(C2CC2)C(=O)N[C@@H]1c1ccc2cc(OC)ccc2c1. The Kier molecular flexibility index (Phi) is 4.26. The minimum atomic E-state index is -0.536. The second-order valence-electron chi connectivity index (χ2n) is 6.95. The number of esters is 1. The van der Waals surface area contributed by atoms with E-state index in [0.29, 0.717) is 11.3 Å². The Morgan fingerprint density at radius 1 is 1.11 bits per heavy atom. The molecular weight excluding hydrogens is 344 g/mol. The van der Waals surface area contributed by atoms with Crippen molar-refractivity contribution in [2.75, 3.05) is 14.2 Å². The van der Waals surface area contributed by atoms with Gasteiger partial charge in [-0.3, -0.25) is 4.90 Å². The highest BCUT2D eigenvalue weighted by Gasteiger charge is 2.42. The maximum absolute atomic E-state index is 12.7. The van der Waals surface area contributed by atoms with E-state index < -0.39 is 12.0 Å². The van der Waals surface area contributed by atoms with Crippen LogP contribution >= 0.6 is 0 Å². The first kappa shape index (κ1) is 17.4. The molecule has 140 valence electrons. The number of hydrogen-bond donors (Lipinski definition) is 1. The van der Waals surface area contributed by atoms with Gasteiger partial charge in [-0.05, 0) is 54.3 Å². The van der Waals surface area contributed by atoms with Crippen LogP contribution in [0.3, 0.4) is 0 Å². The standard InChI is InChI=1S/C21H22N2O4/c1-12-18(20(24)27-3)19(22-21(25)23(12)16-7-8-16)15-5-4-14-11-17(26-2)9-6-13(14)10-15/h4-6,9-11,16,19H,7-8H2,1-3H3,(H,22,25)/t19-/m1/s1. The molecule has 0 saturated heterocycles. The minimum absolute atomic E-state index is 0.164. The fourth-order valence-corrected chi connectivity index (χ4v) is 3.70. The molecule has 0 aromatic heterocycles. The summed E-state index contributed by atoms with van der Waals surface area (Å²) in [7, 11) is 3.00. The van der Waals surface area contributed by atoms with Gasteiger partial charge >= 0.3 is 12.0 Å². The summed E-state index contributed by atoms with van der Waals surface area (Å²) >= 11 is 0. The summed E-state index contributed by atoms with van der Waals surface area (Å²) in [6, 6.07) is 11.2. The van der Waals surface area contributed by atoms with Crippen LogP contribution in [-0.4, -0.2) is 37.2 Å². The molecule has 6 nitrogen and oxygen atoms in total. The Morgan fingerprint density at radius 3 is 2.48 bits per heavy atom. The molecule has 1 fully saturated rings. The molecule has 4 rings (SSSR count). The van der Waals surface area contributed by atoms with Crippen molar-refractivity contribution in [1.29, 1.82) is 0 Å². The van der Waals surface area contributed by atoms with Crippen molar-refractivity contribution in [1.82, 2.24) is 10.2 Å². The van der Waals surface area contributed by atoms with Gasteiger partial charge in [-0.25, -0.2) is 9.59 Å². The summed E-state index contributed by atoms with van der Waals surface area (Å²) in [5.74, 6) is 0.366. The third-order valence-corrected chi connectivity index (χ3v) is 5.25. The highest BCUT2D eigenvalue weighted by Crippen LogP contribution is 2.38. The Morgan fingerprint density at radius 2 is 1.81 bits per heavy atom. The highest BCUT2D eigenvalue weighted by atomic mass is 16.5. The highest BCUT2D eigenvalue weighted by molar-refractivity contribution is 5.95. The van der Waals surface area contributed by atoms with Gasteiger partial charge in [0.2, 0.25) is 0 Å². The predicted molar refractivity (Wildman–Crippen MR) is 101 cm³/mol. The number of fused-ring (bicyclic) bond motifs is 1. The van der Waals surface area contributed by atoms with E-state index in [-0.39, 0.29) is 12.1 Å². The Hall–Kier alpha value is -3.02. The lowest BCUT2D eigenvalue weighted by molar-refractivity contribution is -0.136. The molecule has 1 atom stereocenters. The van der Waals surface area contributed by atoms with Crippen molar-refractivity contribution < 1.29 is 19.1 Å². The summed E-state index contributed by atoms with van der Waals surface area (Å²) in [6.07, 6.45) is 1.92. The number of allylic oxidation sites excluding steroid dienone is 1. The van der Waals surface area contributed by atoms with Crippen LogP contribution < -0.4 is 10.1 Å². The fraction of sp³-hybridized carbons (Fsp3) is 0.333. The molecule has 6 heteroatoms. The van der Waals surface area contributed by atoms with Gasteiger partial charge in [-0.2, -0.15) is 0 Å². The lowest BCUT2D eigenvalue weighted by Gasteiger charge is -2.35. The number of methoxy groups -OCH3 is 2. The van der Waals surface area contributed by atoms with Crippen molar-refractivity contribution in [3.05, 3.63) is 53.2 Å². The zero-order valence-electron chi connectivity index (χ0n) is 15.6. The number of ether oxygens (including phenoxy) is 2. The van der Waals surface area contributed by atoms with E-state index in [2.05, 4.69) is 5.32 Å². The summed E-state index contributed by atoms with van der Waals surface area (Å²) in [4.78, 5) is 26.9. The van der Waals surface area contributed by atoms with Crippen LogP contribution in [-0.2, 0) is 9.53 Å². The van der Waals surface area contributed by atoms with E-state index in [0.717, 1.165) is 34.9 Å². The number of benzene rings is 2. The summed E-state index contributed by atoms with van der Waals surface area (Å²) in [5.41, 5.74) is 2.00. The molecule has 1 aliphatic heterocycles.